The Kier molecular flexibility index (Phi) is 9.17. The summed E-state index contributed by atoms with van der Waals surface area (Å²) < 4.78 is 11.6. The Morgan fingerprint density at radius 3 is 1.96 bits per heavy atom. The Balaban J connectivity index is 1.99. The molecule has 0 aromatic rings. The zero-order valence-electron chi connectivity index (χ0n) is 17.2. The van der Waals surface area contributed by atoms with Crippen LogP contribution in [-0.2, 0) is 9.47 Å². The average Bonchev–Trinajstić information content (AvgIpc) is 2.45. The lowest BCUT2D eigenvalue weighted by Crippen LogP contribution is -2.53. The van der Waals surface area contributed by atoms with Crippen LogP contribution < -0.4 is 0 Å². The third-order valence-corrected chi connectivity index (χ3v) is 4.50. The maximum atomic E-state index is 5.81. The van der Waals surface area contributed by atoms with Crippen molar-refractivity contribution in [1.82, 2.24) is 14.7 Å². The molecule has 0 aromatic carbocycles. The Bertz CT molecular complexity index is 328. The molecule has 0 N–H and O–H groups in total. The monoisotopic (exact) mass is 343 g/mol. The van der Waals surface area contributed by atoms with Crippen molar-refractivity contribution in [3.63, 3.8) is 0 Å². The smallest absolute Gasteiger partial charge is 0.0600 e. The SMILES string of the molecule is CN(CCOCCN1CCN(C(C)(C)C)CC1)CCOC(C)(C)C. The van der Waals surface area contributed by atoms with Gasteiger partial charge in [0.2, 0.25) is 0 Å². The molecule has 1 heterocycles. The van der Waals surface area contributed by atoms with Gasteiger partial charge in [-0.25, -0.2) is 0 Å². The second-order valence-electron chi connectivity index (χ2n) is 8.88. The number of likely N-dealkylation sites (N-methyl/N-ethyl adjacent to an activating group) is 1. The maximum Gasteiger partial charge on any atom is 0.0600 e. The number of piperazine rings is 1. The van der Waals surface area contributed by atoms with Crippen molar-refractivity contribution in [2.45, 2.75) is 52.7 Å². The molecule has 0 aromatic heterocycles. The first kappa shape index (κ1) is 21.8. The number of nitrogens with zero attached hydrogens (tertiary/aromatic N) is 3. The van der Waals surface area contributed by atoms with Gasteiger partial charge in [-0.05, 0) is 48.6 Å². The van der Waals surface area contributed by atoms with Crippen molar-refractivity contribution >= 4 is 0 Å². The molecule has 1 aliphatic rings. The normalized spacial score (nSPS) is 18.5. The molecule has 1 rings (SSSR count). The van der Waals surface area contributed by atoms with E-state index in [9.17, 15) is 0 Å². The molecule has 24 heavy (non-hydrogen) atoms. The Morgan fingerprint density at radius 2 is 1.42 bits per heavy atom. The molecule has 0 bridgehead atoms. The van der Waals surface area contributed by atoms with Crippen LogP contribution in [-0.4, -0.2) is 98.5 Å². The average molecular weight is 344 g/mol. The van der Waals surface area contributed by atoms with Crippen molar-refractivity contribution in [1.29, 1.82) is 0 Å². The molecule has 1 aliphatic heterocycles. The van der Waals surface area contributed by atoms with E-state index >= 15 is 0 Å². The van der Waals surface area contributed by atoms with Gasteiger partial charge in [-0.3, -0.25) is 9.80 Å². The topological polar surface area (TPSA) is 28.2 Å². The molecule has 1 fully saturated rings. The fraction of sp³-hybridized carbons (Fsp3) is 1.00. The third kappa shape index (κ3) is 9.94. The summed E-state index contributed by atoms with van der Waals surface area (Å²) >= 11 is 0. The fourth-order valence-corrected chi connectivity index (χ4v) is 2.78. The van der Waals surface area contributed by atoms with Gasteiger partial charge in [0, 0.05) is 51.4 Å². The van der Waals surface area contributed by atoms with Crippen LogP contribution in [0.1, 0.15) is 41.5 Å². The zero-order valence-corrected chi connectivity index (χ0v) is 17.2. The van der Waals surface area contributed by atoms with Gasteiger partial charge in [-0.15, -0.1) is 0 Å². The van der Waals surface area contributed by atoms with Crippen LogP contribution >= 0.6 is 0 Å². The molecular weight excluding hydrogens is 302 g/mol. The van der Waals surface area contributed by atoms with Gasteiger partial charge in [-0.1, -0.05) is 0 Å². The van der Waals surface area contributed by atoms with Crippen LogP contribution in [0, 0.1) is 0 Å². The van der Waals surface area contributed by atoms with Crippen molar-refractivity contribution in [2.75, 3.05) is 72.7 Å². The highest BCUT2D eigenvalue weighted by Crippen LogP contribution is 2.15. The molecule has 0 unspecified atom stereocenters. The molecule has 0 amide bonds. The molecule has 0 spiro atoms. The summed E-state index contributed by atoms with van der Waals surface area (Å²) in [6.45, 7) is 23.2. The van der Waals surface area contributed by atoms with Gasteiger partial charge in [-0.2, -0.15) is 0 Å². The maximum absolute atomic E-state index is 5.81. The van der Waals surface area contributed by atoms with Gasteiger partial charge < -0.3 is 14.4 Å². The second-order valence-corrected chi connectivity index (χ2v) is 8.88. The summed E-state index contributed by atoms with van der Waals surface area (Å²) in [5, 5.41) is 0. The van der Waals surface area contributed by atoms with E-state index in [4.69, 9.17) is 9.47 Å². The first-order valence-electron chi connectivity index (χ1n) is 9.45. The van der Waals surface area contributed by atoms with Gasteiger partial charge in [0.1, 0.15) is 0 Å². The summed E-state index contributed by atoms with van der Waals surface area (Å²) in [5.74, 6) is 0. The van der Waals surface area contributed by atoms with Gasteiger partial charge in [0.05, 0.1) is 25.4 Å². The quantitative estimate of drug-likeness (QED) is 0.598. The van der Waals surface area contributed by atoms with Crippen LogP contribution in [0.25, 0.3) is 0 Å². The molecule has 0 atom stereocenters. The third-order valence-electron chi connectivity index (χ3n) is 4.50. The molecule has 144 valence electrons. The molecule has 0 radical (unpaired) electrons. The van der Waals surface area contributed by atoms with E-state index in [1.165, 1.54) is 13.1 Å². The van der Waals surface area contributed by atoms with E-state index in [2.05, 4.69) is 63.3 Å². The number of hydrogen-bond donors (Lipinski definition) is 0. The highest BCUT2D eigenvalue weighted by atomic mass is 16.5. The Hall–Kier alpha value is -0.200. The predicted molar refractivity (Wildman–Crippen MR) is 102 cm³/mol. The Labute approximate surface area is 150 Å². The van der Waals surface area contributed by atoms with Crippen molar-refractivity contribution in [3.8, 4) is 0 Å². The zero-order chi connectivity index (χ0) is 18.2. The molecule has 0 aliphatic carbocycles. The largest absolute Gasteiger partial charge is 0.379 e. The van der Waals surface area contributed by atoms with Crippen molar-refractivity contribution in [3.05, 3.63) is 0 Å². The Morgan fingerprint density at radius 1 is 0.833 bits per heavy atom. The highest BCUT2D eigenvalue weighted by Gasteiger charge is 2.25. The van der Waals surface area contributed by atoms with E-state index in [1.54, 1.807) is 0 Å². The fourth-order valence-electron chi connectivity index (χ4n) is 2.78. The van der Waals surface area contributed by atoms with Crippen LogP contribution in [0.4, 0.5) is 0 Å². The van der Waals surface area contributed by atoms with Gasteiger partial charge >= 0.3 is 0 Å². The summed E-state index contributed by atoms with van der Waals surface area (Å²) in [4.78, 5) is 7.36. The highest BCUT2D eigenvalue weighted by molar-refractivity contribution is 4.81. The standard InChI is InChI=1S/C19H41N3O2/c1-18(2,3)22-10-8-21(9-11-22)14-16-23-15-12-20(7)13-17-24-19(4,5)6/h8-17H2,1-7H3. The van der Waals surface area contributed by atoms with Crippen molar-refractivity contribution < 1.29 is 9.47 Å². The van der Waals surface area contributed by atoms with Crippen LogP contribution in [0.3, 0.4) is 0 Å². The minimum Gasteiger partial charge on any atom is -0.379 e. The first-order valence-corrected chi connectivity index (χ1v) is 9.45. The van der Waals surface area contributed by atoms with Crippen LogP contribution in [0.15, 0.2) is 0 Å². The summed E-state index contributed by atoms with van der Waals surface area (Å²) in [6.07, 6.45) is 0. The number of hydrogen-bond acceptors (Lipinski definition) is 5. The number of rotatable bonds is 9. The van der Waals surface area contributed by atoms with Gasteiger partial charge in [0.25, 0.3) is 0 Å². The second kappa shape index (κ2) is 10.1. The van der Waals surface area contributed by atoms with Crippen LogP contribution in [0.5, 0.6) is 0 Å². The summed E-state index contributed by atoms with van der Waals surface area (Å²) in [5.41, 5.74) is 0.248. The summed E-state index contributed by atoms with van der Waals surface area (Å²) in [6, 6.07) is 0. The number of ether oxygens (including phenoxy) is 2. The van der Waals surface area contributed by atoms with E-state index < -0.39 is 0 Å². The lowest BCUT2D eigenvalue weighted by molar-refractivity contribution is -0.0135. The van der Waals surface area contributed by atoms with E-state index in [0.717, 1.165) is 52.5 Å². The molecular formula is C19H41N3O2. The van der Waals surface area contributed by atoms with E-state index in [-0.39, 0.29) is 5.60 Å². The molecule has 1 saturated heterocycles. The predicted octanol–water partition coefficient (Wildman–Crippen LogP) is 2.17. The lowest BCUT2D eigenvalue weighted by Gasteiger charge is -2.42. The lowest BCUT2D eigenvalue weighted by atomic mass is 10.1. The van der Waals surface area contributed by atoms with E-state index in [0.29, 0.717) is 5.54 Å². The van der Waals surface area contributed by atoms with Gasteiger partial charge in [0.15, 0.2) is 0 Å². The minimum atomic E-state index is -0.0473. The summed E-state index contributed by atoms with van der Waals surface area (Å²) in [7, 11) is 2.13. The molecule has 5 nitrogen and oxygen atoms in total. The molecule has 5 heteroatoms. The minimum absolute atomic E-state index is 0.0473. The first-order chi connectivity index (χ1) is 11.1. The van der Waals surface area contributed by atoms with Crippen LogP contribution in [0.2, 0.25) is 0 Å². The van der Waals surface area contributed by atoms with Crippen molar-refractivity contribution in [2.24, 2.45) is 0 Å². The molecule has 0 saturated carbocycles. The van der Waals surface area contributed by atoms with E-state index in [1.807, 2.05) is 0 Å².